The molecule has 0 aromatic carbocycles. The van der Waals surface area contributed by atoms with Gasteiger partial charge in [-0.1, -0.05) is 0 Å². The Morgan fingerprint density at radius 3 is 2.62 bits per heavy atom. The van der Waals surface area contributed by atoms with Gasteiger partial charge in [-0.05, 0) is 32.1 Å². The zero-order chi connectivity index (χ0) is 8.93. The van der Waals surface area contributed by atoms with Gasteiger partial charge in [0.25, 0.3) is 0 Å². The molecule has 0 bridgehead atoms. The monoisotopic (exact) mass is 186 g/mol. The highest BCUT2D eigenvalue weighted by molar-refractivity contribution is 4.64. The number of ether oxygens (including phenoxy) is 3. The van der Waals surface area contributed by atoms with Crippen LogP contribution in [0.3, 0.4) is 0 Å². The molecule has 0 unspecified atom stereocenters. The quantitative estimate of drug-likeness (QED) is 0.671. The van der Waals surface area contributed by atoms with Crippen LogP contribution in [0.4, 0.5) is 0 Å². The van der Waals surface area contributed by atoms with Crippen LogP contribution in [0.25, 0.3) is 0 Å². The van der Waals surface area contributed by atoms with E-state index in [1.54, 1.807) is 0 Å². The molecule has 2 fully saturated rings. The highest BCUT2D eigenvalue weighted by atomic mass is 16.7. The molecule has 0 spiro atoms. The van der Waals surface area contributed by atoms with Crippen molar-refractivity contribution in [2.75, 3.05) is 19.8 Å². The second-order valence-corrected chi connectivity index (χ2v) is 3.76. The summed E-state index contributed by atoms with van der Waals surface area (Å²) >= 11 is 0. The molecule has 0 saturated carbocycles. The molecule has 2 atom stereocenters. The summed E-state index contributed by atoms with van der Waals surface area (Å²) in [7, 11) is 0. The van der Waals surface area contributed by atoms with Crippen LogP contribution < -0.4 is 0 Å². The lowest BCUT2D eigenvalue weighted by Gasteiger charge is -2.23. The topological polar surface area (TPSA) is 27.7 Å². The molecule has 2 aliphatic heterocycles. The smallest absolute Gasteiger partial charge is 0.157 e. The van der Waals surface area contributed by atoms with Crippen molar-refractivity contribution < 1.29 is 14.2 Å². The van der Waals surface area contributed by atoms with E-state index in [0.29, 0.717) is 12.7 Å². The molecule has 2 heterocycles. The Balaban J connectivity index is 1.60. The molecule has 0 aliphatic carbocycles. The summed E-state index contributed by atoms with van der Waals surface area (Å²) in [5, 5.41) is 0. The fourth-order valence-electron chi connectivity index (χ4n) is 1.83. The van der Waals surface area contributed by atoms with Gasteiger partial charge in [0.2, 0.25) is 0 Å². The van der Waals surface area contributed by atoms with E-state index in [2.05, 4.69) is 0 Å². The fourth-order valence-corrected chi connectivity index (χ4v) is 1.83. The first kappa shape index (κ1) is 9.44. The van der Waals surface area contributed by atoms with Crippen LogP contribution in [0.5, 0.6) is 0 Å². The average molecular weight is 186 g/mol. The molecular weight excluding hydrogens is 168 g/mol. The van der Waals surface area contributed by atoms with Crippen molar-refractivity contribution in [3.05, 3.63) is 0 Å². The van der Waals surface area contributed by atoms with Crippen LogP contribution in [-0.4, -0.2) is 32.2 Å². The number of rotatable bonds is 3. The summed E-state index contributed by atoms with van der Waals surface area (Å²) in [4.78, 5) is 0. The molecule has 0 aromatic rings. The first-order chi connectivity index (χ1) is 6.45. The van der Waals surface area contributed by atoms with Crippen molar-refractivity contribution in [2.24, 2.45) is 0 Å². The van der Waals surface area contributed by atoms with E-state index in [-0.39, 0.29) is 6.29 Å². The van der Waals surface area contributed by atoms with Gasteiger partial charge >= 0.3 is 0 Å². The first-order valence-corrected chi connectivity index (χ1v) is 5.30. The fraction of sp³-hybridized carbons (Fsp3) is 1.00. The maximum Gasteiger partial charge on any atom is 0.157 e. The summed E-state index contributed by atoms with van der Waals surface area (Å²) in [5.74, 6) is 0. The summed E-state index contributed by atoms with van der Waals surface area (Å²) < 4.78 is 16.5. The van der Waals surface area contributed by atoms with Gasteiger partial charge in [0.15, 0.2) is 6.29 Å². The van der Waals surface area contributed by atoms with Crippen molar-refractivity contribution in [1.29, 1.82) is 0 Å². The largest absolute Gasteiger partial charge is 0.376 e. The van der Waals surface area contributed by atoms with Crippen molar-refractivity contribution in [3.8, 4) is 0 Å². The van der Waals surface area contributed by atoms with E-state index in [0.717, 1.165) is 26.1 Å². The molecule has 2 rings (SSSR count). The molecule has 0 N–H and O–H groups in total. The summed E-state index contributed by atoms with van der Waals surface area (Å²) in [6.07, 6.45) is 6.15. The minimum atomic E-state index is 0.0398. The first-order valence-electron chi connectivity index (χ1n) is 5.30. The predicted octanol–water partition coefficient (Wildman–Crippen LogP) is 1.71. The van der Waals surface area contributed by atoms with E-state index in [9.17, 15) is 0 Å². The molecule has 3 heteroatoms. The molecule has 3 nitrogen and oxygen atoms in total. The van der Waals surface area contributed by atoms with Crippen LogP contribution in [0.2, 0.25) is 0 Å². The molecule has 0 amide bonds. The van der Waals surface area contributed by atoms with Crippen molar-refractivity contribution in [3.63, 3.8) is 0 Å². The average Bonchev–Trinajstić information content (AvgIpc) is 2.69. The highest BCUT2D eigenvalue weighted by Crippen LogP contribution is 2.17. The van der Waals surface area contributed by atoms with E-state index < -0.39 is 0 Å². The maximum absolute atomic E-state index is 5.62. The van der Waals surface area contributed by atoms with Gasteiger partial charge < -0.3 is 14.2 Å². The van der Waals surface area contributed by atoms with Gasteiger partial charge in [-0.3, -0.25) is 0 Å². The molecule has 2 aliphatic rings. The van der Waals surface area contributed by atoms with Crippen LogP contribution in [0.15, 0.2) is 0 Å². The van der Waals surface area contributed by atoms with Crippen molar-refractivity contribution in [2.45, 2.75) is 44.5 Å². The second kappa shape index (κ2) is 4.94. The van der Waals surface area contributed by atoms with E-state index in [1.165, 1.54) is 19.3 Å². The minimum Gasteiger partial charge on any atom is -0.376 e. The Bertz CT molecular complexity index is 137. The standard InChI is InChI=1S/C10H18O3/c1-2-6-12-10(5-1)13-8-9-4-3-7-11-9/h9-10H,1-8H2/t9-,10-/m0/s1. The lowest BCUT2D eigenvalue weighted by Crippen LogP contribution is -2.26. The zero-order valence-corrected chi connectivity index (χ0v) is 8.04. The third-order valence-corrected chi connectivity index (χ3v) is 2.63. The number of hydrogen-bond acceptors (Lipinski definition) is 3. The van der Waals surface area contributed by atoms with Crippen LogP contribution in [0, 0.1) is 0 Å². The van der Waals surface area contributed by atoms with E-state index in [1.807, 2.05) is 0 Å². The molecular formula is C10H18O3. The summed E-state index contributed by atoms with van der Waals surface area (Å²) in [6, 6.07) is 0. The number of hydrogen-bond donors (Lipinski definition) is 0. The SMILES string of the molecule is C1CC[C@H](OC[C@@H]2CCCO2)OC1. The Morgan fingerprint density at radius 1 is 1.00 bits per heavy atom. The molecule has 2 saturated heterocycles. The predicted molar refractivity (Wildman–Crippen MR) is 48.5 cm³/mol. The molecule has 0 aromatic heterocycles. The van der Waals surface area contributed by atoms with Crippen molar-refractivity contribution >= 4 is 0 Å². The summed E-state index contributed by atoms with van der Waals surface area (Å²) in [6.45, 7) is 2.47. The Morgan fingerprint density at radius 2 is 1.92 bits per heavy atom. The third kappa shape index (κ3) is 2.93. The third-order valence-electron chi connectivity index (χ3n) is 2.63. The van der Waals surface area contributed by atoms with Gasteiger partial charge in [0.1, 0.15) is 0 Å². The van der Waals surface area contributed by atoms with E-state index >= 15 is 0 Å². The van der Waals surface area contributed by atoms with E-state index in [4.69, 9.17) is 14.2 Å². The molecule has 76 valence electrons. The Labute approximate surface area is 79.4 Å². The lowest BCUT2D eigenvalue weighted by molar-refractivity contribution is -0.175. The van der Waals surface area contributed by atoms with Gasteiger partial charge in [-0.25, -0.2) is 0 Å². The summed E-state index contributed by atoms with van der Waals surface area (Å²) in [5.41, 5.74) is 0. The van der Waals surface area contributed by atoms with Gasteiger partial charge in [0.05, 0.1) is 12.7 Å². The van der Waals surface area contributed by atoms with Crippen LogP contribution >= 0.6 is 0 Å². The normalized spacial score (nSPS) is 35.1. The van der Waals surface area contributed by atoms with Crippen LogP contribution in [0.1, 0.15) is 32.1 Å². The van der Waals surface area contributed by atoms with Crippen LogP contribution in [-0.2, 0) is 14.2 Å². The molecule has 0 radical (unpaired) electrons. The Kier molecular flexibility index (Phi) is 3.58. The van der Waals surface area contributed by atoms with Gasteiger partial charge in [-0.2, -0.15) is 0 Å². The maximum atomic E-state index is 5.62. The Hall–Kier alpha value is -0.120. The van der Waals surface area contributed by atoms with Crippen molar-refractivity contribution in [1.82, 2.24) is 0 Å². The van der Waals surface area contributed by atoms with Gasteiger partial charge in [0, 0.05) is 13.2 Å². The zero-order valence-electron chi connectivity index (χ0n) is 8.04. The lowest BCUT2D eigenvalue weighted by atomic mass is 10.2. The van der Waals surface area contributed by atoms with Gasteiger partial charge in [-0.15, -0.1) is 0 Å². The highest BCUT2D eigenvalue weighted by Gasteiger charge is 2.19. The second-order valence-electron chi connectivity index (χ2n) is 3.76. The minimum absolute atomic E-state index is 0.0398. The molecule has 13 heavy (non-hydrogen) atoms.